The van der Waals surface area contributed by atoms with Crippen LogP contribution in [-0.2, 0) is 26.7 Å². The maximum absolute atomic E-state index is 12.5. The lowest BCUT2D eigenvalue weighted by molar-refractivity contribution is 0.0983. The van der Waals surface area contributed by atoms with Gasteiger partial charge in [-0.3, -0.25) is 9.69 Å². The third-order valence-electron chi connectivity index (χ3n) is 5.13. The van der Waals surface area contributed by atoms with Crippen LogP contribution >= 0.6 is 0 Å². The van der Waals surface area contributed by atoms with Gasteiger partial charge in [0.15, 0.2) is 5.78 Å². The molecule has 0 fully saturated rings. The molecule has 0 atom stereocenters. The molecule has 0 radical (unpaired) electrons. The number of hydrogen-bond acceptors (Lipinski definition) is 2. The highest BCUT2D eigenvalue weighted by Crippen LogP contribution is 2.31. The lowest BCUT2D eigenvalue weighted by Gasteiger charge is -2.14. The fraction of sp³-hybridized carbons (Fsp3) is 0.318. The summed E-state index contributed by atoms with van der Waals surface area (Å²) < 4.78 is 2.10. The maximum atomic E-state index is 12.5. The molecule has 1 aliphatic heterocycles. The fourth-order valence-electron chi connectivity index (χ4n) is 3.89. The third kappa shape index (κ3) is 3.00. The van der Waals surface area contributed by atoms with E-state index in [1.54, 1.807) is 0 Å². The molecule has 0 saturated heterocycles. The van der Waals surface area contributed by atoms with Gasteiger partial charge in [0.05, 0.1) is 0 Å². The van der Waals surface area contributed by atoms with Crippen molar-refractivity contribution >= 4 is 16.7 Å². The molecule has 0 spiro atoms. The number of carbonyl (C=O) groups excluding carboxylic acids is 1. The Hall–Kier alpha value is -2.39. The van der Waals surface area contributed by atoms with Gasteiger partial charge in [-0.05, 0) is 35.2 Å². The first kappa shape index (κ1) is 16.1. The number of fused-ring (bicyclic) bond motifs is 2. The highest BCUT2D eigenvalue weighted by atomic mass is 16.1. The van der Waals surface area contributed by atoms with Crippen molar-refractivity contribution in [1.82, 2.24) is 9.47 Å². The molecule has 3 nitrogen and oxygen atoms in total. The zero-order chi connectivity index (χ0) is 17.4. The van der Waals surface area contributed by atoms with E-state index in [0.717, 1.165) is 37.0 Å². The summed E-state index contributed by atoms with van der Waals surface area (Å²) in [6.45, 7) is 4.95. The van der Waals surface area contributed by atoms with Crippen molar-refractivity contribution < 1.29 is 4.79 Å². The maximum Gasteiger partial charge on any atom is 0.165 e. The van der Waals surface area contributed by atoms with Gasteiger partial charge < -0.3 is 4.57 Å². The smallest absolute Gasteiger partial charge is 0.165 e. The van der Waals surface area contributed by atoms with Crippen molar-refractivity contribution in [2.75, 3.05) is 0 Å². The topological polar surface area (TPSA) is 25.2 Å². The summed E-state index contributed by atoms with van der Waals surface area (Å²) in [6, 6.07) is 15.1. The number of ketones is 1. The molecule has 3 heteroatoms. The first-order valence-corrected chi connectivity index (χ1v) is 9.06. The largest absolute Gasteiger partial charge is 0.350 e. The fourth-order valence-corrected chi connectivity index (χ4v) is 3.89. The van der Waals surface area contributed by atoms with E-state index < -0.39 is 0 Å². The molecule has 1 aliphatic rings. The summed E-state index contributed by atoms with van der Waals surface area (Å²) in [7, 11) is 2.04. The second-order valence-corrected chi connectivity index (χ2v) is 7.10. The Labute approximate surface area is 148 Å². The molecule has 0 unspecified atom stereocenters. The standard InChI is InChI=1S/C22H24N2O/c1-3-7-22(25)20-15-23(2)21-11-18-14-24(13-17(18)10-19(20)21)12-16-8-5-4-6-9-16/h4-6,8-11,15H,3,7,12-14H2,1-2H3. The van der Waals surface area contributed by atoms with Gasteiger partial charge in [0.2, 0.25) is 0 Å². The van der Waals surface area contributed by atoms with Gasteiger partial charge in [0.1, 0.15) is 0 Å². The van der Waals surface area contributed by atoms with E-state index in [2.05, 4.69) is 58.9 Å². The molecule has 4 rings (SSSR count). The predicted molar refractivity (Wildman–Crippen MR) is 102 cm³/mol. The molecular weight excluding hydrogens is 308 g/mol. The van der Waals surface area contributed by atoms with E-state index in [9.17, 15) is 4.79 Å². The van der Waals surface area contributed by atoms with Crippen molar-refractivity contribution in [2.45, 2.75) is 39.4 Å². The number of hydrogen-bond donors (Lipinski definition) is 0. The molecule has 0 N–H and O–H groups in total. The molecule has 2 heterocycles. The van der Waals surface area contributed by atoms with Gasteiger partial charge >= 0.3 is 0 Å². The molecule has 0 amide bonds. The Morgan fingerprint density at radius 1 is 1.08 bits per heavy atom. The number of rotatable bonds is 5. The molecule has 3 aromatic rings. The second kappa shape index (κ2) is 6.49. The van der Waals surface area contributed by atoms with E-state index in [4.69, 9.17) is 0 Å². The number of aryl methyl sites for hydroxylation is 1. The van der Waals surface area contributed by atoms with E-state index in [1.807, 2.05) is 13.2 Å². The van der Waals surface area contributed by atoms with Crippen LogP contribution in [0.4, 0.5) is 0 Å². The Morgan fingerprint density at radius 2 is 1.80 bits per heavy atom. The van der Waals surface area contributed by atoms with Crippen LogP contribution in [0.25, 0.3) is 10.9 Å². The van der Waals surface area contributed by atoms with Gasteiger partial charge in [0.25, 0.3) is 0 Å². The third-order valence-corrected chi connectivity index (χ3v) is 5.13. The van der Waals surface area contributed by atoms with Gasteiger partial charge in [-0.1, -0.05) is 37.3 Å². The predicted octanol–water partition coefficient (Wildman–Crippen LogP) is 4.68. The van der Waals surface area contributed by atoms with E-state index in [1.165, 1.54) is 22.2 Å². The Kier molecular flexibility index (Phi) is 4.18. The zero-order valence-corrected chi connectivity index (χ0v) is 15.0. The molecule has 1 aromatic heterocycles. The summed E-state index contributed by atoms with van der Waals surface area (Å²) in [5.74, 6) is 0.257. The number of nitrogens with zero attached hydrogens (tertiary/aromatic N) is 2. The molecular formula is C22H24N2O. The highest BCUT2D eigenvalue weighted by molar-refractivity contribution is 6.08. The minimum atomic E-state index is 0.257. The van der Waals surface area contributed by atoms with Crippen LogP contribution in [0.3, 0.4) is 0 Å². The van der Waals surface area contributed by atoms with Gasteiger partial charge in [-0.2, -0.15) is 0 Å². The van der Waals surface area contributed by atoms with Gasteiger partial charge in [-0.25, -0.2) is 0 Å². The molecule has 0 bridgehead atoms. The van der Waals surface area contributed by atoms with Crippen molar-refractivity contribution in [3.05, 3.63) is 70.9 Å². The molecule has 0 saturated carbocycles. The van der Waals surface area contributed by atoms with E-state index in [0.29, 0.717) is 6.42 Å². The van der Waals surface area contributed by atoms with Crippen LogP contribution in [0.5, 0.6) is 0 Å². The average molecular weight is 332 g/mol. The van der Waals surface area contributed by atoms with Crippen LogP contribution in [0.15, 0.2) is 48.7 Å². The quantitative estimate of drug-likeness (QED) is 0.634. The Morgan fingerprint density at radius 3 is 2.52 bits per heavy atom. The van der Waals surface area contributed by atoms with Crippen molar-refractivity contribution in [3.63, 3.8) is 0 Å². The van der Waals surface area contributed by atoms with Crippen molar-refractivity contribution in [2.24, 2.45) is 7.05 Å². The lowest BCUT2D eigenvalue weighted by atomic mass is 10.0. The minimum Gasteiger partial charge on any atom is -0.350 e. The monoisotopic (exact) mass is 332 g/mol. The molecule has 2 aromatic carbocycles. The summed E-state index contributed by atoms with van der Waals surface area (Å²) in [5, 5.41) is 1.11. The number of Topliss-reactive ketones (excluding diaryl/α,β-unsaturated/α-hetero) is 1. The second-order valence-electron chi connectivity index (χ2n) is 7.10. The molecule has 0 aliphatic carbocycles. The van der Waals surface area contributed by atoms with Crippen LogP contribution in [-0.4, -0.2) is 15.3 Å². The SMILES string of the molecule is CCCC(=O)c1cn(C)c2cc3c(cc12)CN(Cc1ccccc1)C3. The summed E-state index contributed by atoms with van der Waals surface area (Å²) in [6.07, 6.45) is 3.51. The van der Waals surface area contributed by atoms with Crippen LogP contribution < -0.4 is 0 Å². The van der Waals surface area contributed by atoms with Crippen LogP contribution in [0.2, 0.25) is 0 Å². The van der Waals surface area contributed by atoms with Crippen LogP contribution in [0.1, 0.15) is 46.8 Å². The Bertz CT molecular complexity index is 924. The highest BCUT2D eigenvalue weighted by Gasteiger charge is 2.22. The first-order valence-electron chi connectivity index (χ1n) is 9.06. The van der Waals surface area contributed by atoms with Gasteiger partial charge in [-0.15, -0.1) is 0 Å². The van der Waals surface area contributed by atoms with E-state index in [-0.39, 0.29) is 5.78 Å². The lowest BCUT2D eigenvalue weighted by Crippen LogP contribution is -2.15. The summed E-state index contributed by atoms with van der Waals surface area (Å²) in [4.78, 5) is 14.9. The van der Waals surface area contributed by atoms with Crippen molar-refractivity contribution in [3.8, 4) is 0 Å². The van der Waals surface area contributed by atoms with Crippen LogP contribution in [0, 0.1) is 0 Å². The van der Waals surface area contributed by atoms with E-state index >= 15 is 0 Å². The number of benzene rings is 2. The first-order chi connectivity index (χ1) is 12.2. The number of carbonyl (C=O) groups is 1. The number of aromatic nitrogens is 1. The summed E-state index contributed by atoms with van der Waals surface area (Å²) in [5.41, 5.74) is 6.14. The summed E-state index contributed by atoms with van der Waals surface area (Å²) >= 11 is 0. The molecule has 128 valence electrons. The zero-order valence-electron chi connectivity index (χ0n) is 15.0. The Balaban J connectivity index is 1.64. The average Bonchev–Trinajstić information content (AvgIpc) is 3.14. The minimum absolute atomic E-state index is 0.257. The van der Waals surface area contributed by atoms with Gasteiger partial charge in [0, 0.05) is 55.8 Å². The molecule has 25 heavy (non-hydrogen) atoms. The normalized spacial score (nSPS) is 14.2. The van der Waals surface area contributed by atoms with Crippen molar-refractivity contribution in [1.29, 1.82) is 0 Å².